The number of nitrogens with zero attached hydrogens (tertiary/aromatic N) is 7. The number of hydrogen-bond donors (Lipinski definition) is 0. The number of halogens is 1. The number of aromatic nitrogens is 2. The van der Waals surface area contributed by atoms with Crippen molar-refractivity contribution < 1.29 is 18.7 Å². The Balaban J connectivity index is 1.32. The summed E-state index contributed by atoms with van der Waals surface area (Å²) in [5.74, 6) is 0.528. The summed E-state index contributed by atoms with van der Waals surface area (Å²) in [5, 5.41) is 12.1. The van der Waals surface area contributed by atoms with Gasteiger partial charge in [0.25, 0.3) is 0 Å². The molecule has 0 saturated carbocycles. The van der Waals surface area contributed by atoms with Crippen LogP contribution in [0.4, 0.5) is 15.9 Å². The zero-order valence-electron chi connectivity index (χ0n) is 26.9. The fourth-order valence-electron chi connectivity index (χ4n) is 7.11. The molecule has 0 bridgehead atoms. The van der Waals surface area contributed by atoms with Gasteiger partial charge in [-0.05, 0) is 49.9 Å². The summed E-state index contributed by atoms with van der Waals surface area (Å²) in [6, 6.07) is 15.3. The molecule has 0 N–H and O–H groups in total. The van der Waals surface area contributed by atoms with Crippen molar-refractivity contribution in [1.29, 1.82) is 5.26 Å². The molecule has 0 radical (unpaired) electrons. The van der Waals surface area contributed by atoms with Crippen molar-refractivity contribution in [3.8, 4) is 12.1 Å². The number of rotatable bonds is 9. The Bertz CT molecular complexity index is 1640. The predicted molar refractivity (Wildman–Crippen MR) is 176 cm³/mol. The minimum atomic E-state index is -0.706. The number of fused-ring (bicyclic) bond motifs is 2. The van der Waals surface area contributed by atoms with Gasteiger partial charge in [0.05, 0.1) is 36.9 Å². The van der Waals surface area contributed by atoms with Crippen LogP contribution in [0.15, 0.2) is 48.6 Å². The van der Waals surface area contributed by atoms with E-state index in [2.05, 4.69) is 71.1 Å². The molecule has 3 atom stereocenters. The molecule has 0 aliphatic carbocycles. The first kappa shape index (κ1) is 31.7. The second-order valence-electron chi connectivity index (χ2n) is 12.4. The van der Waals surface area contributed by atoms with E-state index >= 15 is 0 Å². The van der Waals surface area contributed by atoms with Crippen LogP contribution in [0.5, 0.6) is 6.01 Å². The van der Waals surface area contributed by atoms with E-state index in [-0.39, 0.29) is 30.5 Å². The molecule has 242 valence electrons. The van der Waals surface area contributed by atoms with Crippen LogP contribution in [0.2, 0.25) is 0 Å². The lowest BCUT2D eigenvalue weighted by atomic mass is 9.99. The number of likely N-dealkylation sites (N-methyl/N-ethyl adjacent to an activating group) is 1. The molecule has 2 aromatic carbocycles. The smallest absolute Gasteiger partial charge is 0.318 e. The lowest BCUT2D eigenvalue weighted by molar-refractivity contribution is -0.128. The van der Waals surface area contributed by atoms with Crippen molar-refractivity contribution in [2.75, 3.05) is 70.0 Å². The number of amides is 1. The predicted octanol–water partition coefficient (Wildman–Crippen LogP) is 4.06. The minimum absolute atomic E-state index is 0.172. The van der Waals surface area contributed by atoms with Gasteiger partial charge in [0.2, 0.25) is 5.91 Å². The maximum absolute atomic E-state index is 12.8. The van der Waals surface area contributed by atoms with Gasteiger partial charge in [0.15, 0.2) is 0 Å². The van der Waals surface area contributed by atoms with Crippen molar-refractivity contribution in [3.63, 3.8) is 0 Å². The minimum Gasteiger partial charge on any atom is -0.462 e. The topological polar surface area (TPSA) is 98.1 Å². The lowest BCUT2D eigenvalue weighted by Gasteiger charge is -2.42. The van der Waals surface area contributed by atoms with Crippen LogP contribution in [-0.4, -0.2) is 104 Å². The maximum atomic E-state index is 12.8. The summed E-state index contributed by atoms with van der Waals surface area (Å²) in [7, 11) is 3.82. The van der Waals surface area contributed by atoms with Crippen molar-refractivity contribution >= 4 is 28.2 Å². The zero-order chi connectivity index (χ0) is 32.2. The Kier molecular flexibility index (Phi) is 9.66. The maximum Gasteiger partial charge on any atom is 0.318 e. The molecule has 1 aromatic heterocycles. The Morgan fingerprint density at radius 2 is 1.93 bits per heavy atom. The Morgan fingerprint density at radius 1 is 1.11 bits per heavy atom. The number of piperazine rings is 1. The molecule has 10 nitrogen and oxygen atoms in total. The molecule has 46 heavy (non-hydrogen) atoms. The number of carbonyl (C=O) groups excluding carboxylic acids is 1. The fraction of sp³-hybridized carbons (Fsp3) is 0.486. The SMILES string of the molecule is CO[C@@H]1C[C@@H](COc2nc3c(c(N4CCN(C(=O)/C=C/CF)[C@@H](CC#N)C4)n2)CCN(c2cccc4cccc(C)c24)C3)N(C)C1. The molecule has 3 aliphatic rings. The number of methoxy groups -OCH3 is 1. The average molecular weight is 628 g/mol. The normalized spacial score (nSPS) is 22.0. The summed E-state index contributed by atoms with van der Waals surface area (Å²) in [5.41, 5.74) is 4.42. The Hall–Kier alpha value is -4.27. The highest BCUT2D eigenvalue weighted by atomic mass is 19.1. The standard InChI is InChI=1S/C35H42FN7O3/c1-24-7-4-8-25-9-5-10-31(33(24)25)41-16-13-29-30(22-41)38-35(46-23-27-19-28(45-3)21-40(27)2)39-34(29)42-17-18-43(26(20-42)12-15-37)32(44)11-6-14-36/h4-11,26-28H,12-14,16-23H2,1-3H3/b11-6+/t26-,27-,28+/m0/s1. The number of aryl methyl sites for hydroxylation is 1. The molecule has 2 saturated heterocycles. The highest BCUT2D eigenvalue weighted by molar-refractivity contribution is 5.97. The van der Waals surface area contributed by atoms with Gasteiger partial charge >= 0.3 is 6.01 Å². The largest absolute Gasteiger partial charge is 0.462 e. The highest BCUT2D eigenvalue weighted by Gasteiger charge is 2.34. The van der Waals surface area contributed by atoms with Crippen molar-refractivity contribution in [2.24, 2.45) is 0 Å². The van der Waals surface area contributed by atoms with E-state index in [1.54, 1.807) is 12.0 Å². The third-order valence-corrected chi connectivity index (χ3v) is 9.58. The molecule has 3 aliphatic heterocycles. The van der Waals surface area contributed by atoms with Gasteiger partial charge in [-0.2, -0.15) is 15.2 Å². The van der Waals surface area contributed by atoms with Crippen molar-refractivity contribution in [2.45, 2.75) is 50.9 Å². The van der Waals surface area contributed by atoms with Crippen molar-refractivity contribution in [1.82, 2.24) is 19.8 Å². The van der Waals surface area contributed by atoms with Gasteiger partial charge in [-0.25, -0.2) is 4.39 Å². The number of nitriles is 1. The van der Waals surface area contributed by atoms with Gasteiger partial charge in [-0.15, -0.1) is 0 Å². The third-order valence-electron chi connectivity index (χ3n) is 9.58. The lowest BCUT2D eigenvalue weighted by Crippen LogP contribution is -2.55. The van der Waals surface area contributed by atoms with Gasteiger partial charge < -0.3 is 24.2 Å². The molecule has 2 fully saturated rings. The molecule has 4 heterocycles. The highest BCUT2D eigenvalue weighted by Crippen LogP contribution is 2.36. The molecule has 11 heteroatoms. The molecular weight excluding hydrogens is 585 g/mol. The van der Waals surface area contributed by atoms with Gasteiger partial charge in [-0.3, -0.25) is 9.69 Å². The van der Waals surface area contributed by atoms with Crippen LogP contribution in [0.25, 0.3) is 10.8 Å². The molecule has 0 unspecified atom stereocenters. The van der Waals surface area contributed by atoms with Crippen LogP contribution in [0, 0.1) is 18.3 Å². The second-order valence-corrected chi connectivity index (χ2v) is 12.4. The number of allylic oxidation sites excluding steroid dienone is 1. The van der Waals surface area contributed by atoms with E-state index in [1.165, 1.54) is 34.2 Å². The first-order chi connectivity index (χ1) is 22.4. The molecule has 1 amide bonds. The molecule has 6 rings (SSSR count). The van der Waals surface area contributed by atoms with Gasteiger partial charge in [0.1, 0.15) is 19.1 Å². The number of alkyl halides is 1. The van der Waals surface area contributed by atoms with E-state index in [0.29, 0.717) is 38.8 Å². The number of anilines is 2. The van der Waals surface area contributed by atoms with E-state index in [4.69, 9.17) is 19.4 Å². The van der Waals surface area contributed by atoms with E-state index < -0.39 is 6.67 Å². The summed E-state index contributed by atoms with van der Waals surface area (Å²) in [4.78, 5) is 31.3. The number of hydrogen-bond acceptors (Lipinski definition) is 9. The monoisotopic (exact) mass is 627 g/mol. The Labute approximate surface area is 270 Å². The first-order valence-corrected chi connectivity index (χ1v) is 16.0. The summed E-state index contributed by atoms with van der Waals surface area (Å²) in [6.45, 7) is 5.54. The second kappa shape index (κ2) is 14.0. The van der Waals surface area contributed by atoms with Crippen molar-refractivity contribution in [3.05, 3.63) is 65.4 Å². The van der Waals surface area contributed by atoms with E-state index in [1.807, 2.05) is 0 Å². The Morgan fingerprint density at radius 3 is 2.70 bits per heavy atom. The van der Waals surface area contributed by atoms with E-state index in [9.17, 15) is 14.4 Å². The van der Waals surface area contributed by atoms with Crippen LogP contribution in [0.3, 0.4) is 0 Å². The van der Waals surface area contributed by atoms with Crippen LogP contribution >= 0.6 is 0 Å². The summed E-state index contributed by atoms with van der Waals surface area (Å²) < 4.78 is 24.7. The van der Waals surface area contributed by atoms with Gasteiger partial charge in [-0.1, -0.05) is 30.3 Å². The molecule has 0 spiro atoms. The molecular formula is C35H42FN7O3. The zero-order valence-corrected chi connectivity index (χ0v) is 26.9. The first-order valence-electron chi connectivity index (χ1n) is 16.0. The quantitative estimate of drug-likeness (QED) is 0.326. The van der Waals surface area contributed by atoms with Gasteiger partial charge in [0, 0.05) is 68.6 Å². The number of ether oxygens (including phenoxy) is 2. The number of likely N-dealkylation sites (tertiary alicyclic amines) is 1. The van der Waals surface area contributed by atoms with Crippen LogP contribution in [-0.2, 0) is 22.5 Å². The van der Waals surface area contributed by atoms with E-state index in [0.717, 1.165) is 43.0 Å². The third kappa shape index (κ3) is 6.50. The van der Waals surface area contributed by atoms with Crippen LogP contribution in [0.1, 0.15) is 29.7 Å². The van der Waals surface area contributed by atoms with Crippen LogP contribution < -0.4 is 14.5 Å². The number of carbonyl (C=O) groups is 1. The summed E-state index contributed by atoms with van der Waals surface area (Å²) in [6.07, 6.45) is 4.44. The fourth-order valence-corrected chi connectivity index (χ4v) is 7.11. The summed E-state index contributed by atoms with van der Waals surface area (Å²) >= 11 is 0. The number of benzene rings is 2. The average Bonchev–Trinajstić information content (AvgIpc) is 3.44. The molecule has 3 aromatic rings.